The molecule has 48 heavy (non-hydrogen) atoms. The van der Waals surface area contributed by atoms with Gasteiger partial charge in [-0.15, -0.1) is 0 Å². The summed E-state index contributed by atoms with van der Waals surface area (Å²) in [7, 11) is 0. The van der Waals surface area contributed by atoms with Crippen molar-refractivity contribution in [2.24, 2.45) is 17.6 Å². The van der Waals surface area contributed by atoms with Crippen molar-refractivity contribution in [3.8, 4) is 0 Å². The van der Waals surface area contributed by atoms with Crippen LogP contribution in [0.4, 0.5) is 0 Å². The fourth-order valence-corrected chi connectivity index (χ4v) is 4.43. The summed E-state index contributed by atoms with van der Waals surface area (Å²) in [5.74, 6) is -7.76. The van der Waals surface area contributed by atoms with Crippen molar-refractivity contribution in [2.75, 3.05) is 12.4 Å². The molecule has 0 aliphatic carbocycles. The van der Waals surface area contributed by atoms with Crippen LogP contribution < -0.4 is 37.6 Å². The van der Waals surface area contributed by atoms with Gasteiger partial charge < -0.3 is 58.1 Å². The Labute approximate surface area is 285 Å². The number of aliphatic hydroxyl groups is 3. The van der Waals surface area contributed by atoms with E-state index in [0.29, 0.717) is 6.42 Å². The molecule has 0 radical (unpaired) electrons. The number of aliphatic carboxylic acids is 1. The van der Waals surface area contributed by atoms with Crippen LogP contribution in [0.15, 0.2) is 0 Å². The lowest BCUT2D eigenvalue weighted by molar-refractivity contribution is -0.143. The lowest BCUT2D eigenvalue weighted by atomic mass is 9.96. The van der Waals surface area contributed by atoms with E-state index >= 15 is 0 Å². The quantitative estimate of drug-likeness (QED) is 0.0510. The van der Waals surface area contributed by atoms with Gasteiger partial charge in [-0.25, -0.2) is 4.79 Å². The van der Waals surface area contributed by atoms with Crippen LogP contribution >= 0.6 is 12.6 Å². The SMILES string of the molecule is CCC(C)C(NC(=O)C(NC(=O)C(CS)NC(=O)C(NC(=O)C(CO)NC(=O)C(C)N)C(C)O)C(C)O)C(=O)NC(CC(C)C)C(=O)O. The number of carbonyl (C=O) groups excluding carboxylic acids is 6. The lowest BCUT2D eigenvalue weighted by Gasteiger charge is -2.30. The summed E-state index contributed by atoms with van der Waals surface area (Å²) in [5.41, 5.74) is 5.45. The highest BCUT2D eigenvalue weighted by Gasteiger charge is 2.36. The maximum absolute atomic E-state index is 13.3. The molecule has 0 aliphatic heterocycles. The Morgan fingerprint density at radius 1 is 0.625 bits per heavy atom. The van der Waals surface area contributed by atoms with Crippen LogP contribution in [0.5, 0.6) is 0 Å². The molecular formula is C29H53N7O11S. The van der Waals surface area contributed by atoms with Crippen LogP contribution in [-0.2, 0) is 33.6 Å². The van der Waals surface area contributed by atoms with Gasteiger partial charge >= 0.3 is 5.97 Å². The van der Waals surface area contributed by atoms with Gasteiger partial charge in [0.2, 0.25) is 35.4 Å². The van der Waals surface area contributed by atoms with E-state index in [4.69, 9.17) is 5.73 Å². The number of amides is 6. The zero-order chi connectivity index (χ0) is 37.5. The van der Waals surface area contributed by atoms with Gasteiger partial charge in [0.15, 0.2) is 0 Å². The van der Waals surface area contributed by atoms with E-state index in [9.17, 15) is 54.0 Å². The molecule has 0 aromatic carbocycles. The molecule has 0 bridgehead atoms. The summed E-state index contributed by atoms with van der Waals surface area (Å²) in [4.78, 5) is 88.8. The average molecular weight is 708 g/mol. The van der Waals surface area contributed by atoms with E-state index in [1.165, 1.54) is 13.8 Å². The molecule has 18 nitrogen and oxygen atoms in total. The molecule has 10 unspecified atom stereocenters. The zero-order valence-corrected chi connectivity index (χ0v) is 29.2. The molecule has 0 aromatic rings. The minimum Gasteiger partial charge on any atom is -0.480 e. The van der Waals surface area contributed by atoms with Gasteiger partial charge in [0.1, 0.15) is 36.3 Å². The second-order valence-corrected chi connectivity index (χ2v) is 12.5. The Morgan fingerprint density at radius 2 is 1.02 bits per heavy atom. The van der Waals surface area contributed by atoms with E-state index in [1.54, 1.807) is 27.7 Å². The first-order chi connectivity index (χ1) is 22.2. The van der Waals surface area contributed by atoms with E-state index in [-0.39, 0.29) is 18.1 Å². The second kappa shape index (κ2) is 21.5. The fourth-order valence-electron chi connectivity index (χ4n) is 4.17. The standard InChI is InChI=1S/C29H53N7O11S/c1-8-13(4)20(26(43)31-17(29(46)47)9-12(2)3)34-28(45)22(16(7)39)36-25(42)19(11-48)33-27(44)21(15(6)38)35-24(41)18(10-37)32-23(40)14(5)30/h12-22,37-39,48H,8-11,30H2,1-7H3,(H,31,43)(H,32,40)(H,33,44)(H,34,45)(H,35,41)(H,36,42)(H,46,47). The zero-order valence-electron chi connectivity index (χ0n) is 28.4. The largest absolute Gasteiger partial charge is 0.480 e. The van der Waals surface area contributed by atoms with Gasteiger partial charge in [0.05, 0.1) is 24.9 Å². The normalized spacial score (nSPS) is 17.5. The molecule has 0 heterocycles. The molecule has 10 atom stereocenters. The molecule has 0 saturated carbocycles. The highest BCUT2D eigenvalue weighted by atomic mass is 32.1. The third kappa shape index (κ3) is 14.7. The number of aliphatic hydroxyl groups excluding tert-OH is 3. The third-order valence-electron chi connectivity index (χ3n) is 7.28. The topological polar surface area (TPSA) is 299 Å². The van der Waals surface area contributed by atoms with E-state index in [2.05, 4.69) is 44.5 Å². The molecule has 276 valence electrons. The van der Waals surface area contributed by atoms with Crippen molar-refractivity contribution >= 4 is 54.0 Å². The van der Waals surface area contributed by atoms with Gasteiger partial charge in [-0.3, -0.25) is 28.8 Å². The average Bonchev–Trinajstić information content (AvgIpc) is 3.00. The maximum Gasteiger partial charge on any atom is 0.326 e. The Morgan fingerprint density at radius 3 is 1.40 bits per heavy atom. The summed E-state index contributed by atoms with van der Waals surface area (Å²) in [6.45, 7) is 9.80. The Balaban J connectivity index is 5.85. The first-order valence-electron chi connectivity index (χ1n) is 15.6. The van der Waals surface area contributed by atoms with Gasteiger partial charge in [-0.2, -0.15) is 12.6 Å². The van der Waals surface area contributed by atoms with Crippen LogP contribution in [0.3, 0.4) is 0 Å². The summed E-state index contributed by atoms with van der Waals surface area (Å²) in [6.07, 6.45) is -2.50. The summed E-state index contributed by atoms with van der Waals surface area (Å²) < 4.78 is 0. The van der Waals surface area contributed by atoms with Crippen LogP contribution in [0.2, 0.25) is 0 Å². The highest BCUT2D eigenvalue weighted by Crippen LogP contribution is 2.12. The number of thiol groups is 1. The first-order valence-corrected chi connectivity index (χ1v) is 16.2. The Hall–Kier alpha value is -3.52. The fraction of sp³-hybridized carbons (Fsp3) is 0.759. The Bertz CT molecular complexity index is 1120. The van der Waals surface area contributed by atoms with Crippen LogP contribution in [-0.4, -0.2) is 129 Å². The third-order valence-corrected chi connectivity index (χ3v) is 7.65. The van der Waals surface area contributed by atoms with Gasteiger partial charge in [-0.05, 0) is 39.0 Å². The van der Waals surface area contributed by atoms with Crippen LogP contribution in [0.1, 0.15) is 61.3 Å². The van der Waals surface area contributed by atoms with Crippen molar-refractivity contribution in [2.45, 2.75) is 116 Å². The van der Waals surface area contributed by atoms with Gasteiger partial charge in [0, 0.05) is 5.75 Å². The summed E-state index contributed by atoms with van der Waals surface area (Å²) in [5, 5.41) is 53.5. The number of rotatable bonds is 21. The molecule has 6 amide bonds. The van der Waals surface area contributed by atoms with Gasteiger partial charge in [-0.1, -0.05) is 34.1 Å². The van der Waals surface area contributed by atoms with Gasteiger partial charge in [0.25, 0.3) is 0 Å². The molecule has 19 heteroatoms. The predicted octanol–water partition coefficient (Wildman–Crippen LogP) is -3.90. The molecule has 0 aromatic heterocycles. The lowest BCUT2D eigenvalue weighted by Crippen LogP contribution is -2.63. The number of hydrogen-bond acceptors (Lipinski definition) is 12. The van der Waals surface area contributed by atoms with E-state index in [0.717, 1.165) is 6.92 Å². The highest BCUT2D eigenvalue weighted by molar-refractivity contribution is 7.80. The minimum absolute atomic E-state index is 0.0596. The van der Waals surface area contributed by atoms with Crippen molar-refractivity contribution in [3.05, 3.63) is 0 Å². The molecular weight excluding hydrogens is 654 g/mol. The van der Waals surface area contributed by atoms with E-state index < -0.39 is 108 Å². The maximum atomic E-state index is 13.3. The molecule has 0 aliphatic rings. The summed E-state index contributed by atoms with van der Waals surface area (Å²) in [6, 6.07) is -9.77. The van der Waals surface area contributed by atoms with Crippen molar-refractivity contribution < 1.29 is 54.0 Å². The van der Waals surface area contributed by atoms with Crippen LogP contribution in [0, 0.1) is 11.8 Å². The van der Waals surface area contributed by atoms with Crippen molar-refractivity contribution in [3.63, 3.8) is 0 Å². The number of carboxylic acids is 1. The predicted molar refractivity (Wildman–Crippen MR) is 176 cm³/mol. The number of nitrogens with one attached hydrogen (secondary N) is 6. The van der Waals surface area contributed by atoms with Crippen molar-refractivity contribution in [1.29, 1.82) is 0 Å². The number of carbonyl (C=O) groups is 7. The van der Waals surface area contributed by atoms with Crippen LogP contribution in [0.25, 0.3) is 0 Å². The minimum atomic E-state index is -1.68. The smallest absolute Gasteiger partial charge is 0.326 e. The monoisotopic (exact) mass is 707 g/mol. The molecule has 12 N–H and O–H groups in total. The van der Waals surface area contributed by atoms with E-state index in [1.807, 2.05) is 0 Å². The second-order valence-electron chi connectivity index (χ2n) is 12.1. The first kappa shape index (κ1) is 44.5. The summed E-state index contributed by atoms with van der Waals surface area (Å²) >= 11 is 4.06. The molecule has 0 spiro atoms. The number of carboxylic acid groups (broad SMARTS) is 1. The molecule has 0 rings (SSSR count). The number of hydrogen-bond donors (Lipinski definition) is 12. The molecule has 0 saturated heterocycles. The Kier molecular flexibility index (Phi) is 19.9. The van der Waals surface area contributed by atoms with Crippen molar-refractivity contribution in [1.82, 2.24) is 31.9 Å². The molecule has 0 fully saturated rings. The number of nitrogens with two attached hydrogens (primary N) is 1.